The number of hydrogen-bond acceptors (Lipinski definition) is 3. The first-order valence-corrected chi connectivity index (χ1v) is 5.57. The first-order valence-electron chi connectivity index (χ1n) is 4.63. The third-order valence-corrected chi connectivity index (χ3v) is 3.68. The van der Waals surface area contributed by atoms with Gasteiger partial charge in [0.15, 0.2) is 0 Å². The van der Waals surface area contributed by atoms with Gasteiger partial charge >= 0.3 is 5.97 Å². The third kappa shape index (κ3) is 2.90. The molecule has 1 fully saturated rings. The van der Waals surface area contributed by atoms with Crippen LogP contribution in [0.4, 0.5) is 0 Å². The number of aliphatic carboxylic acids is 1. The molecule has 0 aromatic rings. The van der Waals surface area contributed by atoms with Crippen molar-refractivity contribution >= 4 is 23.6 Å². The number of thioether (sulfide) groups is 1. The number of rotatable bonds is 2. The molecule has 4 nitrogen and oxygen atoms in total. The average Bonchev–Trinajstić information content (AvgIpc) is 2.19. The quantitative estimate of drug-likeness (QED) is 0.743. The van der Waals surface area contributed by atoms with E-state index in [2.05, 4.69) is 0 Å². The summed E-state index contributed by atoms with van der Waals surface area (Å²) in [6.07, 6.45) is 0.862. The van der Waals surface area contributed by atoms with Gasteiger partial charge in [0.25, 0.3) is 0 Å². The maximum Gasteiger partial charge on any atom is 0.305 e. The van der Waals surface area contributed by atoms with E-state index in [1.54, 1.807) is 11.9 Å². The monoisotopic (exact) mass is 217 g/mol. The summed E-state index contributed by atoms with van der Waals surface area (Å²) in [6, 6.07) is 0. The minimum atomic E-state index is -0.904. The van der Waals surface area contributed by atoms with Gasteiger partial charge in [-0.15, -0.1) is 11.8 Å². The molecule has 0 saturated carbocycles. The molecule has 1 amide bonds. The SMILES string of the molecule is CC1CCN(C)C(=O)C(CC(=O)O)S1. The second kappa shape index (κ2) is 4.68. The zero-order valence-electron chi connectivity index (χ0n) is 8.40. The zero-order valence-corrected chi connectivity index (χ0v) is 9.21. The molecule has 0 spiro atoms. The van der Waals surface area contributed by atoms with Gasteiger partial charge in [-0.25, -0.2) is 0 Å². The maximum atomic E-state index is 11.7. The molecular formula is C9H15NO3S. The van der Waals surface area contributed by atoms with Crippen molar-refractivity contribution in [1.82, 2.24) is 4.90 Å². The Balaban J connectivity index is 2.68. The van der Waals surface area contributed by atoms with Gasteiger partial charge in [0, 0.05) is 18.8 Å². The Labute approximate surface area is 87.7 Å². The van der Waals surface area contributed by atoms with Crippen LogP contribution >= 0.6 is 11.8 Å². The van der Waals surface area contributed by atoms with Crippen molar-refractivity contribution in [3.63, 3.8) is 0 Å². The van der Waals surface area contributed by atoms with Gasteiger partial charge in [0.2, 0.25) is 5.91 Å². The summed E-state index contributed by atoms with van der Waals surface area (Å²) >= 11 is 1.48. The topological polar surface area (TPSA) is 57.6 Å². The maximum absolute atomic E-state index is 11.7. The molecule has 0 aliphatic carbocycles. The minimum absolute atomic E-state index is 0.0539. The number of nitrogens with zero attached hydrogens (tertiary/aromatic N) is 1. The van der Waals surface area contributed by atoms with Crippen LogP contribution in [-0.2, 0) is 9.59 Å². The minimum Gasteiger partial charge on any atom is -0.481 e. The average molecular weight is 217 g/mol. The summed E-state index contributed by atoms with van der Waals surface area (Å²) in [5.74, 6) is -0.958. The van der Waals surface area contributed by atoms with Crippen molar-refractivity contribution in [3.8, 4) is 0 Å². The largest absolute Gasteiger partial charge is 0.481 e. The van der Waals surface area contributed by atoms with Crippen LogP contribution in [0.2, 0.25) is 0 Å². The van der Waals surface area contributed by atoms with E-state index in [1.807, 2.05) is 6.92 Å². The highest BCUT2D eigenvalue weighted by molar-refractivity contribution is 8.01. The molecule has 2 atom stereocenters. The predicted octanol–water partition coefficient (Wildman–Crippen LogP) is 0.813. The van der Waals surface area contributed by atoms with Gasteiger partial charge in [0.1, 0.15) is 0 Å². The molecule has 2 unspecified atom stereocenters. The number of carbonyl (C=O) groups excluding carboxylic acids is 1. The van der Waals surface area contributed by atoms with Crippen LogP contribution in [-0.4, -0.2) is 46.0 Å². The molecule has 1 aliphatic heterocycles. The molecular weight excluding hydrogens is 202 g/mol. The van der Waals surface area contributed by atoms with Gasteiger partial charge in [-0.3, -0.25) is 9.59 Å². The summed E-state index contributed by atoms with van der Waals surface area (Å²) in [6.45, 7) is 2.76. The smallest absolute Gasteiger partial charge is 0.305 e. The molecule has 1 aliphatic rings. The lowest BCUT2D eigenvalue weighted by Gasteiger charge is -2.17. The Kier molecular flexibility index (Phi) is 3.80. The van der Waals surface area contributed by atoms with E-state index >= 15 is 0 Å². The second-order valence-electron chi connectivity index (χ2n) is 3.58. The van der Waals surface area contributed by atoms with Crippen molar-refractivity contribution in [3.05, 3.63) is 0 Å². The van der Waals surface area contributed by atoms with E-state index in [4.69, 9.17) is 5.11 Å². The lowest BCUT2D eigenvalue weighted by Crippen LogP contribution is -2.34. The van der Waals surface area contributed by atoms with Gasteiger partial charge < -0.3 is 10.0 Å². The fourth-order valence-electron chi connectivity index (χ4n) is 1.43. The third-order valence-electron chi connectivity index (χ3n) is 2.28. The van der Waals surface area contributed by atoms with E-state index in [1.165, 1.54) is 11.8 Å². The van der Waals surface area contributed by atoms with Crippen LogP contribution in [0, 0.1) is 0 Å². The normalized spacial score (nSPS) is 28.7. The Morgan fingerprint density at radius 2 is 2.36 bits per heavy atom. The molecule has 5 heteroatoms. The molecule has 0 radical (unpaired) electrons. The van der Waals surface area contributed by atoms with Crippen molar-refractivity contribution in [1.29, 1.82) is 0 Å². The zero-order chi connectivity index (χ0) is 10.7. The number of carbonyl (C=O) groups is 2. The summed E-state index contributed by atoms with van der Waals surface area (Å²) < 4.78 is 0. The van der Waals surface area contributed by atoms with Gasteiger partial charge in [-0.2, -0.15) is 0 Å². The van der Waals surface area contributed by atoms with Crippen LogP contribution in [0.5, 0.6) is 0 Å². The van der Waals surface area contributed by atoms with E-state index in [0.29, 0.717) is 5.25 Å². The second-order valence-corrected chi connectivity index (χ2v) is 5.23. The Hall–Kier alpha value is -0.710. The van der Waals surface area contributed by atoms with Crippen LogP contribution in [0.15, 0.2) is 0 Å². The Bertz CT molecular complexity index is 244. The van der Waals surface area contributed by atoms with Crippen molar-refractivity contribution < 1.29 is 14.7 Å². The first-order chi connectivity index (χ1) is 6.50. The highest BCUT2D eigenvalue weighted by Crippen LogP contribution is 2.27. The lowest BCUT2D eigenvalue weighted by molar-refractivity contribution is -0.140. The van der Waals surface area contributed by atoms with Crippen LogP contribution in [0.25, 0.3) is 0 Å². The standard InChI is InChI=1S/C9H15NO3S/c1-6-3-4-10(2)9(13)7(14-6)5-8(11)12/h6-7H,3-5H2,1-2H3,(H,11,12). The Morgan fingerprint density at radius 3 is 2.93 bits per heavy atom. The fraction of sp³-hybridized carbons (Fsp3) is 0.778. The van der Waals surface area contributed by atoms with Crippen molar-refractivity contribution in [2.75, 3.05) is 13.6 Å². The highest BCUT2D eigenvalue weighted by Gasteiger charge is 2.29. The number of carboxylic acids is 1. The van der Waals surface area contributed by atoms with Crippen molar-refractivity contribution in [2.24, 2.45) is 0 Å². The molecule has 0 bridgehead atoms. The predicted molar refractivity (Wildman–Crippen MR) is 55.3 cm³/mol. The van der Waals surface area contributed by atoms with Crippen molar-refractivity contribution in [2.45, 2.75) is 30.3 Å². The number of amides is 1. The van der Waals surface area contributed by atoms with Gasteiger partial charge in [-0.05, 0) is 6.42 Å². The molecule has 14 heavy (non-hydrogen) atoms. The van der Waals surface area contributed by atoms with Crippen LogP contribution < -0.4 is 0 Å². The van der Waals surface area contributed by atoms with Crippen LogP contribution in [0.3, 0.4) is 0 Å². The molecule has 1 saturated heterocycles. The fourth-order valence-corrected chi connectivity index (χ4v) is 2.77. The molecule has 1 heterocycles. The van der Waals surface area contributed by atoms with Crippen LogP contribution in [0.1, 0.15) is 19.8 Å². The van der Waals surface area contributed by atoms with E-state index in [9.17, 15) is 9.59 Å². The summed E-state index contributed by atoms with van der Waals surface area (Å²) in [5, 5.41) is 8.61. The van der Waals surface area contributed by atoms with E-state index in [0.717, 1.165) is 13.0 Å². The molecule has 1 N–H and O–H groups in total. The highest BCUT2D eigenvalue weighted by atomic mass is 32.2. The van der Waals surface area contributed by atoms with E-state index in [-0.39, 0.29) is 12.3 Å². The number of hydrogen-bond donors (Lipinski definition) is 1. The molecule has 0 aromatic heterocycles. The van der Waals surface area contributed by atoms with Gasteiger partial charge in [0.05, 0.1) is 11.7 Å². The first kappa shape index (κ1) is 11.4. The number of carboxylic acid groups (broad SMARTS) is 1. The summed E-state index contributed by atoms with van der Waals surface area (Å²) in [5.41, 5.74) is 0. The summed E-state index contributed by atoms with van der Waals surface area (Å²) in [4.78, 5) is 23.9. The van der Waals surface area contributed by atoms with Gasteiger partial charge in [-0.1, -0.05) is 6.92 Å². The molecule has 80 valence electrons. The Morgan fingerprint density at radius 1 is 1.71 bits per heavy atom. The lowest BCUT2D eigenvalue weighted by atomic mass is 10.2. The summed E-state index contributed by atoms with van der Waals surface area (Å²) in [7, 11) is 1.73. The van der Waals surface area contributed by atoms with E-state index < -0.39 is 11.2 Å². The molecule has 0 aromatic carbocycles. The molecule has 1 rings (SSSR count).